The Hall–Kier alpha value is -3.59. The Balaban J connectivity index is 1.75. The Morgan fingerprint density at radius 1 is 1.03 bits per heavy atom. The lowest BCUT2D eigenvalue weighted by molar-refractivity contribution is -0.163. The van der Waals surface area contributed by atoms with Crippen LogP contribution in [0.5, 0.6) is 17.2 Å². The van der Waals surface area contributed by atoms with Crippen LogP contribution in [-0.2, 0) is 19.1 Å². The number of amides is 1. The maximum Gasteiger partial charge on any atom is 0.303 e. The number of nitrogens with zero attached hydrogens (tertiary/aromatic N) is 1. The monoisotopic (exact) mass is 471 g/mol. The Morgan fingerprint density at radius 3 is 2.38 bits per heavy atom. The minimum Gasteiger partial charge on any atom is -0.493 e. The lowest BCUT2D eigenvalue weighted by atomic mass is 10.1. The fraction of sp³-hybridized carbons (Fsp3) is 0.400. The van der Waals surface area contributed by atoms with E-state index in [0.717, 1.165) is 0 Å². The van der Waals surface area contributed by atoms with Crippen LogP contribution in [0.25, 0.3) is 0 Å². The minimum atomic E-state index is -1.04. The zero-order valence-corrected chi connectivity index (χ0v) is 19.7. The van der Waals surface area contributed by atoms with Crippen molar-refractivity contribution in [2.45, 2.75) is 26.1 Å². The summed E-state index contributed by atoms with van der Waals surface area (Å²) in [6.45, 7) is 3.64. The van der Waals surface area contributed by atoms with Crippen molar-refractivity contribution in [3.8, 4) is 17.2 Å². The molecule has 1 amide bonds. The smallest absolute Gasteiger partial charge is 0.303 e. The maximum absolute atomic E-state index is 13.3. The van der Waals surface area contributed by atoms with Gasteiger partial charge in [-0.05, 0) is 19.1 Å². The highest BCUT2D eigenvalue weighted by Crippen LogP contribution is 2.40. The zero-order valence-electron chi connectivity index (χ0n) is 19.7. The standard InChI is InChI=1S/C25H29NO8/c1-16(27)20-10-11-21(30-3)24(31-4)23(20)33-15-19-14-26(12-13-32-19)25(29)22(34-17(2)28)18-8-6-5-7-9-18/h5-11,19,22H,12-15H2,1-4H3/t19?,22-/m1/s1. The minimum absolute atomic E-state index is 0.0666. The molecule has 2 aromatic carbocycles. The molecule has 0 aromatic heterocycles. The largest absolute Gasteiger partial charge is 0.493 e. The third-order valence-corrected chi connectivity index (χ3v) is 5.35. The van der Waals surface area contributed by atoms with Crippen molar-refractivity contribution in [3.63, 3.8) is 0 Å². The van der Waals surface area contributed by atoms with Gasteiger partial charge >= 0.3 is 5.97 Å². The molecule has 2 aromatic rings. The molecule has 0 bridgehead atoms. The van der Waals surface area contributed by atoms with E-state index < -0.39 is 18.2 Å². The molecule has 0 aliphatic carbocycles. The summed E-state index contributed by atoms with van der Waals surface area (Å²) in [7, 11) is 2.96. The molecule has 2 atom stereocenters. The van der Waals surface area contributed by atoms with Crippen LogP contribution in [0.3, 0.4) is 0 Å². The summed E-state index contributed by atoms with van der Waals surface area (Å²) < 4.78 is 27.8. The lowest BCUT2D eigenvalue weighted by Gasteiger charge is -2.34. The van der Waals surface area contributed by atoms with Crippen molar-refractivity contribution in [2.24, 2.45) is 0 Å². The number of rotatable bonds is 9. The average Bonchev–Trinajstić information content (AvgIpc) is 2.85. The van der Waals surface area contributed by atoms with E-state index in [1.807, 2.05) is 6.07 Å². The van der Waals surface area contributed by atoms with E-state index in [2.05, 4.69) is 0 Å². The molecular formula is C25H29NO8. The molecule has 1 fully saturated rings. The quantitative estimate of drug-likeness (QED) is 0.407. The molecule has 9 heteroatoms. The van der Waals surface area contributed by atoms with Gasteiger partial charge in [0.2, 0.25) is 11.9 Å². The number of benzene rings is 2. The highest BCUT2D eigenvalue weighted by atomic mass is 16.6. The number of morpholine rings is 1. The highest BCUT2D eigenvalue weighted by molar-refractivity contribution is 5.98. The molecule has 34 heavy (non-hydrogen) atoms. The van der Waals surface area contributed by atoms with Crippen molar-refractivity contribution in [1.29, 1.82) is 0 Å². The van der Waals surface area contributed by atoms with Crippen molar-refractivity contribution in [2.75, 3.05) is 40.5 Å². The highest BCUT2D eigenvalue weighted by Gasteiger charge is 2.33. The first-order valence-electron chi connectivity index (χ1n) is 10.9. The van der Waals surface area contributed by atoms with Crippen LogP contribution in [0.1, 0.15) is 35.9 Å². The fourth-order valence-electron chi connectivity index (χ4n) is 3.74. The first-order chi connectivity index (χ1) is 16.3. The number of ether oxygens (including phenoxy) is 5. The first-order valence-corrected chi connectivity index (χ1v) is 10.9. The number of carbonyl (C=O) groups excluding carboxylic acids is 3. The van der Waals surface area contributed by atoms with Crippen LogP contribution in [0.15, 0.2) is 42.5 Å². The van der Waals surface area contributed by atoms with E-state index in [4.69, 9.17) is 23.7 Å². The second-order valence-electron chi connectivity index (χ2n) is 7.72. The van der Waals surface area contributed by atoms with E-state index in [9.17, 15) is 14.4 Å². The van der Waals surface area contributed by atoms with Gasteiger partial charge in [-0.1, -0.05) is 30.3 Å². The predicted octanol–water partition coefficient (Wildman–Crippen LogP) is 2.82. The van der Waals surface area contributed by atoms with Crippen LogP contribution < -0.4 is 14.2 Å². The molecule has 0 radical (unpaired) electrons. The number of ketones is 1. The van der Waals surface area contributed by atoms with E-state index in [-0.39, 0.29) is 37.2 Å². The molecule has 182 valence electrons. The van der Waals surface area contributed by atoms with Crippen molar-refractivity contribution in [3.05, 3.63) is 53.6 Å². The number of hydrogen-bond donors (Lipinski definition) is 0. The molecule has 1 unspecified atom stereocenters. The first kappa shape index (κ1) is 25.0. The van der Waals surface area contributed by atoms with Crippen LogP contribution in [-0.4, -0.2) is 69.2 Å². The normalized spacial score (nSPS) is 16.4. The van der Waals surface area contributed by atoms with E-state index >= 15 is 0 Å². The van der Waals surface area contributed by atoms with Gasteiger partial charge in [0.05, 0.1) is 32.9 Å². The van der Waals surface area contributed by atoms with Gasteiger partial charge in [-0.25, -0.2) is 0 Å². The van der Waals surface area contributed by atoms with Gasteiger partial charge in [-0.2, -0.15) is 0 Å². The summed E-state index contributed by atoms with van der Waals surface area (Å²) in [4.78, 5) is 38.6. The number of carbonyl (C=O) groups is 3. The summed E-state index contributed by atoms with van der Waals surface area (Å²) in [5, 5.41) is 0. The Kier molecular flexibility index (Phi) is 8.48. The summed E-state index contributed by atoms with van der Waals surface area (Å²) in [6.07, 6.45) is -1.51. The van der Waals surface area contributed by atoms with Gasteiger partial charge in [0, 0.05) is 19.0 Å². The van der Waals surface area contributed by atoms with E-state index in [1.54, 1.807) is 41.3 Å². The Labute approximate surface area is 198 Å². The average molecular weight is 472 g/mol. The predicted molar refractivity (Wildman–Crippen MR) is 122 cm³/mol. The molecule has 1 saturated heterocycles. The van der Waals surface area contributed by atoms with Crippen LogP contribution in [0.4, 0.5) is 0 Å². The van der Waals surface area contributed by atoms with E-state index in [0.29, 0.717) is 29.2 Å². The Bertz CT molecular complexity index is 1020. The van der Waals surface area contributed by atoms with E-state index in [1.165, 1.54) is 28.1 Å². The van der Waals surface area contributed by atoms with Gasteiger partial charge in [0.15, 0.2) is 17.3 Å². The SMILES string of the molecule is COc1ccc(C(C)=O)c(OCC2CN(C(=O)[C@H](OC(C)=O)c3ccccc3)CCO2)c1OC. The summed E-state index contributed by atoms with van der Waals surface area (Å²) in [6, 6.07) is 12.1. The number of esters is 1. The molecule has 1 aliphatic heterocycles. The molecule has 0 N–H and O–H groups in total. The third kappa shape index (κ3) is 5.85. The van der Waals surface area contributed by atoms with Crippen molar-refractivity contribution in [1.82, 2.24) is 4.90 Å². The molecular weight excluding hydrogens is 442 g/mol. The summed E-state index contributed by atoms with van der Waals surface area (Å²) in [5.41, 5.74) is 0.939. The molecule has 0 saturated carbocycles. The third-order valence-electron chi connectivity index (χ3n) is 5.35. The van der Waals surface area contributed by atoms with Crippen LogP contribution in [0.2, 0.25) is 0 Å². The van der Waals surface area contributed by atoms with Gasteiger partial charge in [0.25, 0.3) is 5.91 Å². The zero-order chi connectivity index (χ0) is 24.7. The lowest BCUT2D eigenvalue weighted by Crippen LogP contribution is -2.49. The topological polar surface area (TPSA) is 101 Å². The fourth-order valence-corrected chi connectivity index (χ4v) is 3.74. The van der Waals surface area contributed by atoms with Gasteiger partial charge in [-0.15, -0.1) is 0 Å². The molecule has 3 rings (SSSR count). The molecule has 9 nitrogen and oxygen atoms in total. The molecule has 0 spiro atoms. The second kappa shape index (κ2) is 11.5. The summed E-state index contributed by atoms with van der Waals surface area (Å²) >= 11 is 0. The number of methoxy groups -OCH3 is 2. The van der Waals surface area contributed by atoms with Crippen LogP contribution >= 0.6 is 0 Å². The molecule has 1 heterocycles. The van der Waals surface area contributed by atoms with Crippen LogP contribution in [0, 0.1) is 0 Å². The van der Waals surface area contributed by atoms with Gasteiger partial charge in [-0.3, -0.25) is 14.4 Å². The summed E-state index contributed by atoms with van der Waals surface area (Å²) in [5.74, 6) is -0.0860. The Morgan fingerprint density at radius 2 is 1.76 bits per heavy atom. The van der Waals surface area contributed by atoms with Gasteiger partial charge in [0.1, 0.15) is 12.7 Å². The second-order valence-corrected chi connectivity index (χ2v) is 7.72. The van der Waals surface area contributed by atoms with Crippen molar-refractivity contribution < 1.29 is 38.1 Å². The maximum atomic E-state index is 13.3. The number of Topliss-reactive ketones (excluding diaryl/α,β-unsaturated/α-hetero) is 1. The number of hydrogen-bond acceptors (Lipinski definition) is 8. The van der Waals surface area contributed by atoms with Gasteiger partial charge < -0.3 is 28.6 Å². The molecule has 1 aliphatic rings. The van der Waals surface area contributed by atoms with Crippen molar-refractivity contribution >= 4 is 17.7 Å².